The summed E-state index contributed by atoms with van der Waals surface area (Å²) in [6.07, 6.45) is 1.87. The summed E-state index contributed by atoms with van der Waals surface area (Å²) in [6.45, 7) is 17.4. The molecule has 0 amide bonds. The summed E-state index contributed by atoms with van der Waals surface area (Å²) in [5.74, 6) is 3.81. The van der Waals surface area contributed by atoms with E-state index >= 15 is 0 Å². The maximum Gasteiger partial charge on any atom is 0.124 e. The molecule has 0 spiro atoms. The molecule has 0 saturated heterocycles. The van der Waals surface area contributed by atoms with Crippen LogP contribution in [0.1, 0.15) is 55.6 Å². The van der Waals surface area contributed by atoms with Gasteiger partial charge in [-0.25, -0.2) is 0 Å². The lowest BCUT2D eigenvalue weighted by Crippen LogP contribution is -2.24. The molecule has 0 heterocycles. The highest BCUT2D eigenvalue weighted by molar-refractivity contribution is 7.80. The molecular weight excluding hydrogens is 823 g/mol. The molecule has 0 aromatic heterocycles. The first-order valence-electron chi connectivity index (χ1n) is 22.0. The van der Waals surface area contributed by atoms with Crippen LogP contribution in [0.3, 0.4) is 0 Å². The number of benzene rings is 8. The van der Waals surface area contributed by atoms with Crippen LogP contribution in [0.2, 0.25) is 0 Å². The smallest absolute Gasteiger partial charge is 0.124 e. The number of rotatable bonds is 13. The predicted molar refractivity (Wildman–Crippen MR) is 277 cm³/mol. The largest absolute Gasteiger partial charge is 0.496 e. The van der Waals surface area contributed by atoms with Crippen LogP contribution in [0.4, 0.5) is 0 Å². The van der Waals surface area contributed by atoms with E-state index in [0.717, 1.165) is 57.6 Å². The molecule has 0 atom stereocenters. The summed E-state index contributed by atoms with van der Waals surface area (Å²) >= 11 is 0. The maximum absolute atomic E-state index is 5.94. The number of aryl methyl sites for hydroxylation is 8. The molecular formula is C58H60O4P2. The summed E-state index contributed by atoms with van der Waals surface area (Å²) in [7, 11) is 5.26. The molecule has 64 heavy (non-hydrogen) atoms. The van der Waals surface area contributed by atoms with Gasteiger partial charge in [0.05, 0.1) is 28.4 Å². The highest BCUT2D eigenvalue weighted by Crippen LogP contribution is 2.48. The van der Waals surface area contributed by atoms with Crippen LogP contribution in [-0.2, 0) is 12.3 Å². The highest BCUT2D eigenvalue weighted by atomic mass is 31.1. The van der Waals surface area contributed by atoms with Crippen molar-refractivity contribution in [3.8, 4) is 34.1 Å². The van der Waals surface area contributed by atoms with Gasteiger partial charge in [0.25, 0.3) is 0 Å². The minimum absolute atomic E-state index is 0.754. The Morgan fingerprint density at radius 2 is 0.766 bits per heavy atom. The molecule has 0 fully saturated rings. The molecule has 0 aliphatic rings. The second-order valence-corrected chi connectivity index (χ2v) is 21.8. The van der Waals surface area contributed by atoms with Crippen LogP contribution in [0.15, 0.2) is 121 Å². The Morgan fingerprint density at radius 1 is 0.375 bits per heavy atom. The minimum Gasteiger partial charge on any atom is -0.496 e. The molecule has 0 aliphatic heterocycles. The first kappa shape index (κ1) is 44.9. The van der Waals surface area contributed by atoms with Crippen molar-refractivity contribution in [3.05, 3.63) is 177 Å². The van der Waals surface area contributed by atoms with Crippen molar-refractivity contribution in [1.29, 1.82) is 0 Å². The first-order chi connectivity index (χ1) is 30.8. The standard InChI is InChI=1S/C58H60O4P2/c1-35-23-43(24-36(2)55(35)59-9)33-63(34-44-25-37(3)56(60-10)38(4)26-44)47-31-46-18-14-15-19-50(46)52(32-47)54-51-20-16-13-17-45(51)21-22-53(54)64(48-27-39(5)57(61-11)40(6)28-48)49-29-41(7)58(62-12)42(8)30-49/h13-32H,33-34H2,1-12H3. The fourth-order valence-corrected chi connectivity index (χ4v) is 15.4. The third-order valence-corrected chi connectivity index (χ3v) is 17.5. The van der Waals surface area contributed by atoms with E-state index in [2.05, 4.69) is 177 Å². The summed E-state index contributed by atoms with van der Waals surface area (Å²) in [6, 6.07) is 46.5. The van der Waals surface area contributed by atoms with Gasteiger partial charge in [0.2, 0.25) is 0 Å². The molecule has 4 nitrogen and oxygen atoms in total. The molecule has 0 N–H and O–H groups in total. The molecule has 326 valence electrons. The molecule has 8 aromatic rings. The Morgan fingerprint density at radius 3 is 1.20 bits per heavy atom. The van der Waals surface area contributed by atoms with E-state index in [1.54, 1.807) is 28.4 Å². The molecule has 0 saturated carbocycles. The van der Waals surface area contributed by atoms with Crippen LogP contribution < -0.4 is 40.2 Å². The monoisotopic (exact) mass is 882 g/mol. The number of hydrogen-bond acceptors (Lipinski definition) is 4. The Hall–Kier alpha value is -5.66. The molecule has 0 unspecified atom stereocenters. The van der Waals surface area contributed by atoms with Crippen molar-refractivity contribution in [2.24, 2.45) is 0 Å². The van der Waals surface area contributed by atoms with Crippen LogP contribution in [0.25, 0.3) is 32.7 Å². The van der Waals surface area contributed by atoms with Crippen molar-refractivity contribution in [2.75, 3.05) is 28.4 Å². The Labute approximate surface area is 383 Å². The second-order valence-electron chi connectivity index (χ2n) is 17.3. The topological polar surface area (TPSA) is 36.9 Å². The van der Waals surface area contributed by atoms with E-state index in [-0.39, 0.29) is 0 Å². The normalized spacial score (nSPS) is 11.5. The first-order valence-corrected chi connectivity index (χ1v) is 25.1. The lowest BCUT2D eigenvalue weighted by atomic mass is 9.94. The minimum atomic E-state index is -1.08. The van der Waals surface area contributed by atoms with Crippen molar-refractivity contribution >= 4 is 58.6 Å². The Bertz CT molecular complexity index is 2840. The lowest BCUT2D eigenvalue weighted by molar-refractivity contribution is 0.408. The van der Waals surface area contributed by atoms with E-state index < -0.39 is 15.8 Å². The number of hydrogen-bond donors (Lipinski definition) is 0. The van der Waals surface area contributed by atoms with Gasteiger partial charge in [0.1, 0.15) is 23.0 Å². The maximum atomic E-state index is 5.94. The van der Waals surface area contributed by atoms with E-state index in [4.69, 9.17) is 18.9 Å². The molecule has 0 radical (unpaired) electrons. The van der Waals surface area contributed by atoms with Gasteiger partial charge < -0.3 is 18.9 Å². The molecule has 0 aliphatic carbocycles. The summed E-state index contributed by atoms with van der Waals surface area (Å²) in [4.78, 5) is 0. The number of fused-ring (bicyclic) bond motifs is 2. The van der Waals surface area contributed by atoms with Crippen molar-refractivity contribution in [1.82, 2.24) is 0 Å². The predicted octanol–water partition coefficient (Wildman–Crippen LogP) is 13.4. The fraction of sp³-hybridized carbons (Fsp3) is 0.241. The SMILES string of the molecule is COc1c(C)cc(CP(Cc2cc(C)c(OC)c(C)c2)c2cc(-c3c(P(c4cc(C)c(OC)c(C)c4)c4cc(C)c(OC)c(C)c4)ccc4ccccc34)c3ccccc3c2)cc1C. The quantitative estimate of drug-likeness (QED) is 0.108. The second kappa shape index (κ2) is 18.8. The van der Waals surface area contributed by atoms with Crippen LogP contribution in [-0.4, -0.2) is 28.4 Å². The van der Waals surface area contributed by atoms with Gasteiger partial charge in [-0.2, -0.15) is 0 Å². The van der Waals surface area contributed by atoms with Gasteiger partial charge in [0.15, 0.2) is 0 Å². The summed E-state index contributed by atoms with van der Waals surface area (Å²) in [5, 5.41) is 10.3. The van der Waals surface area contributed by atoms with E-state index in [1.807, 2.05) is 0 Å². The van der Waals surface area contributed by atoms with E-state index in [1.165, 1.54) is 87.3 Å². The molecule has 8 rings (SSSR count). The zero-order valence-corrected chi connectivity index (χ0v) is 41.3. The number of ether oxygens (including phenoxy) is 4. The van der Waals surface area contributed by atoms with Gasteiger partial charge in [-0.15, -0.1) is 0 Å². The molecule has 6 heteroatoms. The van der Waals surface area contributed by atoms with Crippen LogP contribution in [0.5, 0.6) is 23.0 Å². The molecule has 0 bridgehead atoms. The lowest BCUT2D eigenvalue weighted by Gasteiger charge is -2.28. The Balaban J connectivity index is 1.43. The van der Waals surface area contributed by atoms with Crippen LogP contribution in [0, 0.1) is 55.4 Å². The van der Waals surface area contributed by atoms with Crippen LogP contribution >= 0.6 is 15.8 Å². The van der Waals surface area contributed by atoms with Crippen molar-refractivity contribution in [3.63, 3.8) is 0 Å². The van der Waals surface area contributed by atoms with Gasteiger partial charge in [-0.1, -0.05) is 92.9 Å². The third kappa shape index (κ3) is 8.64. The zero-order valence-electron chi connectivity index (χ0n) is 39.5. The summed E-state index contributed by atoms with van der Waals surface area (Å²) in [5.41, 5.74) is 14.5. The van der Waals surface area contributed by atoms with E-state index in [9.17, 15) is 0 Å². The Kier molecular flexibility index (Phi) is 13.2. The summed E-state index contributed by atoms with van der Waals surface area (Å²) < 4.78 is 23.6. The van der Waals surface area contributed by atoms with Gasteiger partial charge >= 0.3 is 0 Å². The van der Waals surface area contributed by atoms with E-state index in [0.29, 0.717) is 0 Å². The van der Waals surface area contributed by atoms with Crippen molar-refractivity contribution < 1.29 is 18.9 Å². The average Bonchev–Trinajstić information content (AvgIpc) is 3.25. The molecule has 8 aromatic carbocycles. The average molecular weight is 883 g/mol. The number of methoxy groups -OCH3 is 4. The highest BCUT2D eigenvalue weighted by Gasteiger charge is 2.27. The van der Waals surface area contributed by atoms with Crippen molar-refractivity contribution in [2.45, 2.75) is 67.7 Å². The van der Waals surface area contributed by atoms with Gasteiger partial charge in [-0.05, 0) is 222 Å². The van der Waals surface area contributed by atoms with Gasteiger partial charge in [0, 0.05) is 0 Å². The zero-order chi connectivity index (χ0) is 45.4. The van der Waals surface area contributed by atoms with Gasteiger partial charge in [-0.3, -0.25) is 0 Å². The fourth-order valence-electron chi connectivity index (χ4n) is 10.2. The third-order valence-electron chi connectivity index (χ3n) is 12.6.